The minimum absolute atomic E-state index is 0.365. The van der Waals surface area contributed by atoms with Gasteiger partial charge in [0.05, 0.1) is 5.60 Å². The van der Waals surface area contributed by atoms with E-state index >= 15 is 0 Å². The van der Waals surface area contributed by atoms with E-state index in [-0.39, 0.29) is 5.60 Å². The maximum atomic E-state index is 6.17. The molecule has 0 amide bonds. The highest BCUT2D eigenvalue weighted by Crippen LogP contribution is 2.40. The molecular weight excluding hydrogens is 330 g/mol. The van der Waals surface area contributed by atoms with Gasteiger partial charge in [0.15, 0.2) is 0 Å². The Morgan fingerprint density at radius 1 is 0.960 bits per heavy atom. The van der Waals surface area contributed by atoms with Crippen LogP contribution in [0.3, 0.4) is 0 Å². The minimum Gasteiger partial charge on any atom is -0.362 e. The van der Waals surface area contributed by atoms with Gasteiger partial charge in [-0.3, -0.25) is 0 Å². The van der Waals surface area contributed by atoms with Crippen molar-refractivity contribution in [2.75, 3.05) is 12.0 Å². The van der Waals surface area contributed by atoms with E-state index in [0.717, 1.165) is 28.3 Å². The van der Waals surface area contributed by atoms with Crippen LogP contribution in [0.4, 0.5) is 5.69 Å². The fourth-order valence-corrected chi connectivity index (χ4v) is 3.66. The monoisotopic (exact) mass is 349 g/mol. The molecule has 0 saturated heterocycles. The average molecular weight is 350 g/mol. The first kappa shape index (κ1) is 16.2. The molecule has 0 radical (unpaired) electrons. The zero-order valence-corrected chi connectivity index (χ0v) is 14.9. The van der Waals surface area contributed by atoms with E-state index in [0.29, 0.717) is 6.73 Å². The van der Waals surface area contributed by atoms with Crippen molar-refractivity contribution in [1.29, 1.82) is 0 Å². The van der Waals surface area contributed by atoms with Crippen LogP contribution in [0.25, 0.3) is 11.1 Å². The molecule has 1 N–H and O–H groups in total. The molecular formula is C22H20ClNO. The third-order valence-corrected chi connectivity index (χ3v) is 5.02. The van der Waals surface area contributed by atoms with Crippen molar-refractivity contribution < 1.29 is 4.74 Å². The lowest BCUT2D eigenvalue weighted by molar-refractivity contribution is -0.0328. The van der Waals surface area contributed by atoms with Gasteiger partial charge in [-0.1, -0.05) is 60.1 Å². The minimum atomic E-state index is -0.365. The summed E-state index contributed by atoms with van der Waals surface area (Å²) < 4.78 is 6.17. The summed E-state index contributed by atoms with van der Waals surface area (Å²) in [4.78, 5) is 0. The SMILES string of the molecule is CC1(Cc2ccccc2)OCNc2ccc(-c3cccc(Cl)c3)cc21. The molecule has 1 aliphatic rings. The average Bonchev–Trinajstić information content (AvgIpc) is 2.62. The molecule has 1 atom stereocenters. The number of hydrogen-bond donors (Lipinski definition) is 1. The van der Waals surface area contributed by atoms with Gasteiger partial charge in [0.2, 0.25) is 0 Å². The lowest BCUT2D eigenvalue weighted by Gasteiger charge is -2.37. The Hall–Kier alpha value is -2.29. The molecule has 126 valence electrons. The number of benzene rings is 3. The van der Waals surface area contributed by atoms with Gasteiger partial charge in [-0.25, -0.2) is 0 Å². The third kappa shape index (κ3) is 3.28. The van der Waals surface area contributed by atoms with E-state index in [9.17, 15) is 0 Å². The van der Waals surface area contributed by atoms with Crippen LogP contribution in [0.5, 0.6) is 0 Å². The Kier molecular flexibility index (Phi) is 4.24. The van der Waals surface area contributed by atoms with Crippen molar-refractivity contribution in [3.05, 3.63) is 88.9 Å². The zero-order valence-electron chi connectivity index (χ0n) is 14.1. The number of hydrogen-bond acceptors (Lipinski definition) is 2. The highest BCUT2D eigenvalue weighted by atomic mass is 35.5. The Morgan fingerprint density at radius 3 is 2.56 bits per heavy atom. The van der Waals surface area contributed by atoms with Crippen LogP contribution in [0.15, 0.2) is 72.8 Å². The van der Waals surface area contributed by atoms with Crippen LogP contribution in [-0.4, -0.2) is 6.73 Å². The second-order valence-corrected chi connectivity index (χ2v) is 7.07. The first-order valence-corrected chi connectivity index (χ1v) is 8.84. The second kappa shape index (κ2) is 6.55. The van der Waals surface area contributed by atoms with E-state index in [4.69, 9.17) is 16.3 Å². The first-order valence-electron chi connectivity index (χ1n) is 8.46. The highest BCUT2D eigenvalue weighted by molar-refractivity contribution is 6.30. The molecule has 1 aliphatic heterocycles. The van der Waals surface area contributed by atoms with Gasteiger partial charge in [-0.15, -0.1) is 0 Å². The molecule has 25 heavy (non-hydrogen) atoms. The van der Waals surface area contributed by atoms with Crippen molar-refractivity contribution in [3.8, 4) is 11.1 Å². The third-order valence-electron chi connectivity index (χ3n) is 4.78. The Morgan fingerprint density at radius 2 is 1.76 bits per heavy atom. The molecule has 4 rings (SSSR count). The summed E-state index contributed by atoms with van der Waals surface area (Å²) in [6, 6.07) is 24.9. The molecule has 0 aromatic heterocycles. The van der Waals surface area contributed by atoms with Crippen molar-refractivity contribution in [1.82, 2.24) is 0 Å². The summed E-state index contributed by atoms with van der Waals surface area (Å²) in [6.45, 7) is 2.69. The van der Waals surface area contributed by atoms with Crippen LogP contribution in [0.1, 0.15) is 18.1 Å². The molecule has 1 unspecified atom stereocenters. The Balaban J connectivity index is 1.76. The summed E-state index contributed by atoms with van der Waals surface area (Å²) in [6.07, 6.45) is 0.835. The van der Waals surface area contributed by atoms with Gasteiger partial charge in [-0.2, -0.15) is 0 Å². The largest absolute Gasteiger partial charge is 0.362 e. The first-order chi connectivity index (χ1) is 12.1. The predicted molar refractivity (Wildman–Crippen MR) is 104 cm³/mol. The van der Waals surface area contributed by atoms with E-state index in [1.165, 1.54) is 11.1 Å². The molecule has 0 aliphatic carbocycles. The second-order valence-electron chi connectivity index (χ2n) is 6.63. The van der Waals surface area contributed by atoms with E-state index in [1.54, 1.807) is 0 Å². The van der Waals surface area contributed by atoms with Crippen molar-refractivity contribution >= 4 is 17.3 Å². The van der Waals surface area contributed by atoms with E-state index in [2.05, 4.69) is 60.8 Å². The van der Waals surface area contributed by atoms with Crippen LogP contribution >= 0.6 is 11.6 Å². The van der Waals surface area contributed by atoms with Gasteiger partial charge < -0.3 is 10.1 Å². The quantitative estimate of drug-likeness (QED) is 0.639. The highest BCUT2D eigenvalue weighted by Gasteiger charge is 2.33. The van der Waals surface area contributed by atoms with E-state index < -0.39 is 0 Å². The number of fused-ring (bicyclic) bond motifs is 1. The predicted octanol–water partition coefficient (Wildman–Crippen LogP) is 5.86. The molecule has 3 heteroatoms. The maximum Gasteiger partial charge on any atom is 0.117 e. The van der Waals surface area contributed by atoms with E-state index in [1.807, 2.05) is 24.3 Å². The standard InChI is InChI=1S/C22H20ClNO/c1-22(14-16-6-3-2-4-7-16)20-13-18(10-11-21(20)24-15-25-22)17-8-5-9-19(23)12-17/h2-13,24H,14-15H2,1H3. The maximum absolute atomic E-state index is 6.17. The molecule has 3 aromatic carbocycles. The van der Waals surface area contributed by atoms with Crippen molar-refractivity contribution in [2.24, 2.45) is 0 Å². The summed E-state index contributed by atoms with van der Waals surface area (Å²) >= 11 is 6.16. The molecule has 3 aromatic rings. The van der Waals surface area contributed by atoms with Gasteiger partial charge in [0.1, 0.15) is 6.73 Å². The van der Waals surface area contributed by atoms with Crippen LogP contribution < -0.4 is 5.32 Å². The number of anilines is 1. The Labute approximate surface area is 153 Å². The lowest BCUT2D eigenvalue weighted by atomic mass is 9.85. The molecule has 1 heterocycles. The fourth-order valence-electron chi connectivity index (χ4n) is 3.47. The topological polar surface area (TPSA) is 21.3 Å². The van der Waals surface area contributed by atoms with Gasteiger partial charge >= 0.3 is 0 Å². The zero-order chi connectivity index (χ0) is 17.3. The van der Waals surface area contributed by atoms with Crippen LogP contribution in [0.2, 0.25) is 5.02 Å². The normalized spacial score (nSPS) is 19.1. The number of nitrogens with one attached hydrogen (secondary N) is 1. The molecule has 0 fully saturated rings. The summed E-state index contributed by atoms with van der Waals surface area (Å²) in [5, 5.41) is 4.09. The molecule has 0 saturated carbocycles. The van der Waals surface area contributed by atoms with Crippen LogP contribution in [0, 0.1) is 0 Å². The van der Waals surface area contributed by atoms with Crippen molar-refractivity contribution in [2.45, 2.75) is 18.9 Å². The van der Waals surface area contributed by atoms with Gasteiger partial charge in [0.25, 0.3) is 0 Å². The van der Waals surface area contributed by atoms with Gasteiger partial charge in [-0.05, 0) is 47.9 Å². The van der Waals surface area contributed by atoms with Crippen molar-refractivity contribution in [3.63, 3.8) is 0 Å². The summed E-state index contributed by atoms with van der Waals surface area (Å²) in [7, 11) is 0. The lowest BCUT2D eigenvalue weighted by Crippen LogP contribution is -2.36. The molecule has 2 nitrogen and oxygen atoms in total. The summed E-state index contributed by atoms with van der Waals surface area (Å²) in [5.74, 6) is 0. The number of ether oxygens (including phenoxy) is 1. The fraction of sp³-hybridized carbons (Fsp3) is 0.182. The molecule has 0 bridgehead atoms. The number of halogens is 1. The number of rotatable bonds is 3. The van der Waals surface area contributed by atoms with Gasteiger partial charge in [0, 0.05) is 22.7 Å². The smallest absolute Gasteiger partial charge is 0.117 e. The Bertz CT molecular complexity index is 894. The summed E-state index contributed by atoms with van der Waals surface area (Å²) in [5.41, 5.74) is 5.48. The molecule has 0 spiro atoms. The van der Waals surface area contributed by atoms with Crippen LogP contribution in [-0.2, 0) is 16.8 Å².